The monoisotopic (exact) mass is 315 g/mol. The molecule has 0 bridgehead atoms. The number of hydrogen-bond acceptors (Lipinski definition) is 6. The Morgan fingerprint density at radius 3 is 2.86 bits per heavy atom. The number of nitrogens with one attached hydrogen (secondary N) is 1. The smallest absolute Gasteiger partial charge is 0.234 e. The van der Waals surface area contributed by atoms with Crippen LogP contribution >= 0.6 is 11.8 Å². The largest absolute Gasteiger partial charge is 0.467 e. The Labute approximate surface area is 130 Å². The van der Waals surface area contributed by atoms with Gasteiger partial charge < -0.3 is 9.73 Å². The van der Waals surface area contributed by atoms with Gasteiger partial charge in [0, 0.05) is 5.69 Å². The van der Waals surface area contributed by atoms with Gasteiger partial charge in [0.25, 0.3) is 0 Å². The first-order valence-corrected chi connectivity index (χ1v) is 7.56. The second-order valence-corrected chi connectivity index (χ2v) is 5.34. The Kier molecular flexibility index (Phi) is 4.50. The summed E-state index contributed by atoms with van der Waals surface area (Å²) in [5, 5.41) is 14.8. The van der Waals surface area contributed by atoms with Gasteiger partial charge >= 0.3 is 0 Å². The molecule has 112 valence electrons. The minimum absolute atomic E-state index is 0.108. The number of tetrazole rings is 1. The fraction of sp³-hybridized carbons (Fsp3) is 0.143. The van der Waals surface area contributed by atoms with Gasteiger partial charge in [-0.1, -0.05) is 30.0 Å². The molecule has 3 aromatic rings. The maximum Gasteiger partial charge on any atom is 0.234 e. The van der Waals surface area contributed by atoms with Crippen LogP contribution in [0.25, 0.3) is 0 Å². The highest BCUT2D eigenvalue weighted by molar-refractivity contribution is 7.99. The van der Waals surface area contributed by atoms with Crippen LogP contribution in [0.1, 0.15) is 5.76 Å². The molecule has 2 heterocycles. The SMILES string of the molecule is O=C(CSc1nnnn1Cc1ccco1)Nc1ccccc1. The van der Waals surface area contributed by atoms with E-state index >= 15 is 0 Å². The summed E-state index contributed by atoms with van der Waals surface area (Å²) in [5.41, 5.74) is 0.767. The summed E-state index contributed by atoms with van der Waals surface area (Å²) in [6, 6.07) is 13.0. The van der Waals surface area contributed by atoms with Gasteiger partial charge in [0.2, 0.25) is 11.1 Å². The molecule has 0 radical (unpaired) electrons. The van der Waals surface area contributed by atoms with Gasteiger partial charge in [-0.3, -0.25) is 4.79 Å². The zero-order chi connectivity index (χ0) is 15.2. The first-order chi connectivity index (χ1) is 10.8. The van der Waals surface area contributed by atoms with Crippen LogP contribution in [0, 0.1) is 0 Å². The van der Waals surface area contributed by atoms with Gasteiger partial charge in [0.05, 0.1) is 12.0 Å². The lowest BCUT2D eigenvalue weighted by molar-refractivity contribution is -0.113. The number of benzene rings is 1. The van der Waals surface area contributed by atoms with Gasteiger partial charge in [0.1, 0.15) is 12.3 Å². The third-order valence-corrected chi connectivity index (χ3v) is 3.73. The van der Waals surface area contributed by atoms with Gasteiger partial charge in [-0.15, -0.1) is 5.10 Å². The number of amides is 1. The molecule has 0 aliphatic heterocycles. The first-order valence-electron chi connectivity index (χ1n) is 6.57. The molecule has 1 aromatic carbocycles. The Morgan fingerprint density at radius 2 is 2.09 bits per heavy atom. The van der Waals surface area contributed by atoms with E-state index in [9.17, 15) is 4.79 Å². The number of hydrogen-bond donors (Lipinski definition) is 1. The van der Waals surface area contributed by atoms with E-state index in [-0.39, 0.29) is 11.7 Å². The molecule has 0 saturated carbocycles. The maximum atomic E-state index is 11.9. The van der Waals surface area contributed by atoms with E-state index in [4.69, 9.17) is 4.42 Å². The lowest BCUT2D eigenvalue weighted by Gasteiger charge is -2.04. The molecule has 0 aliphatic rings. The van der Waals surface area contributed by atoms with E-state index < -0.39 is 0 Å². The molecule has 8 heteroatoms. The fourth-order valence-corrected chi connectivity index (χ4v) is 2.47. The van der Waals surface area contributed by atoms with Crippen molar-refractivity contribution in [1.82, 2.24) is 20.2 Å². The lowest BCUT2D eigenvalue weighted by Crippen LogP contribution is -2.14. The van der Waals surface area contributed by atoms with Crippen LogP contribution in [0.2, 0.25) is 0 Å². The molecule has 7 nitrogen and oxygen atoms in total. The number of carbonyl (C=O) groups is 1. The summed E-state index contributed by atoms with van der Waals surface area (Å²) >= 11 is 1.28. The van der Waals surface area contributed by atoms with E-state index in [1.807, 2.05) is 36.4 Å². The number of carbonyl (C=O) groups excluding carboxylic acids is 1. The maximum absolute atomic E-state index is 11.9. The van der Waals surface area contributed by atoms with Crippen molar-refractivity contribution in [3.8, 4) is 0 Å². The van der Waals surface area contributed by atoms with Crippen LogP contribution in [0.4, 0.5) is 5.69 Å². The number of furan rings is 1. The topological polar surface area (TPSA) is 85.8 Å². The number of aromatic nitrogens is 4. The number of rotatable bonds is 6. The number of anilines is 1. The minimum Gasteiger partial charge on any atom is -0.467 e. The highest BCUT2D eigenvalue weighted by Gasteiger charge is 2.11. The summed E-state index contributed by atoms with van der Waals surface area (Å²) in [5.74, 6) is 0.875. The van der Waals surface area contributed by atoms with Crippen molar-refractivity contribution in [3.63, 3.8) is 0 Å². The molecule has 0 unspecified atom stereocenters. The van der Waals surface area contributed by atoms with Crippen molar-refractivity contribution in [2.45, 2.75) is 11.7 Å². The fourth-order valence-electron chi connectivity index (χ4n) is 1.80. The molecule has 0 saturated heterocycles. The Morgan fingerprint density at radius 1 is 1.23 bits per heavy atom. The van der Waals surface area contributed by atoms with Gasteiger partial charge in [-0.25, -0.2) is 4.68 Å². The van der Waals surface area contributed by atoms with E-state index in [0.717, 1.165) is 11.4 Å². The lowest BCUT2D eigenvalue weighted by atomic mass is 10.3. The van der Waals surface area contributed by atoms with E-state index in [1.54, 1.807) is 17.0 Å². The van der Waals surface area contributed by atoms with Crippen molar-refractivity contribution < 1.29 is 9.21 Å². The highest BCUT2D eigenvalue weighted by atomic mass is 32.2. The second-order valence-electron chi connectivity index (χ2n) is 4.40. The summed E-state index contributed by atoms with van der Waals surface area (Å²) in [4.78, 5) is 11.9. The van der Waals surface area contributed by atoms with Gasteiger partial charge in [0.15, 0.2) is 0 Å². The second kappa shape index (κ2) is 6.90. The third-order valence-electron chi connectivity index (χ3n) is 2.77. The molecular formula is C14H13N5O2S. The highest BCUT2D eigenvalue weighted by Crippen LogP contribution is 2.16. The Hall–Kier alpha value is -2.61. The van der Waals surface area contributed by atoms with Crippen LogP contribution in [0.5, 0.6) is 0 Å². The molecule has 1 amide bonds. The number of nitrogens with zero attached hydrogens (tertiary/aromatic N) is 4. The van der Waals surface area contributed by atoms with Crippen LogP contribution in [-0.2, 0) is 11.3 Å². The van der Waals surface area contributed by atoms with Crippen molar-refractivity contribution in [2.75, 3.05) is 11.1 Å². The Bertz CT molecular complexity index is 727. The van der Waals surface area contributed by atoms with Crippen LogP contribution in [0.3, 0.4) is 0 Å². The predicted octanol–water partition coefficient (Wildman–Crippen LogP) is 2.05. The van der Waals surface area contributed by atoms with Crippen LogP contribution < -0.4 is 5.32 Å². The summed E-state index contributed by atoms with van der Waals surface area (Å²) < 4.78 is 6.86. The summed E-state index contributed by atoms with van der Waals surface area (Å²) in [7, 11) is 0. The predicted molar refractivity (Wildman–Crippen MR) is 81.4 cm³/mol. The van der Waals surface area contributed by atoms with E-state index in [2.05, 4.69) is 20.8 Å². The molecule has 0 atom stereocenters. The molecule has 0 fully saturated rings. The molecule has 2 aromatic heterocycles. The molecular weight excluding hydrogens is 302 g/mol. The standard InChI is InChI=1S/C14H13N5O2S/c20-13(15-11-5-2-1-3-6-11)10-22-14-16-17-18-19(14)9-12-7-4-8-21-12/h1-8H,9-10H2,(H,15,20). The van der Waals surface area contributed by atoms with Crippen molar-refractivity contribution in [2.24, 2.45) is 0 Å². The minimum atomic E-state index is -0.108. The van der Waals surface area contributed by atoms with E-state index in [0.29, 0.717) is 11.7 Å². The van der Waals surface area contributed by atoms with Gasteiger partial charge in [-0.2, -0.15) is 0 Å². The van der Waals surface area contributed by atoms with E-state index in [1.165, 1.54) is 11.8 Å². The number of thioether (sulfide) groups is 1. The normalized spacial score (nSPS) is 10.5. The zero-order valence-corrected chi connectivity index (χ0v) is 12.4. The molecule has 3 rings (SSSR count). The van der Waals surface area contributed by atoms with Crippen molar-refractivity contribution in [1.29, 1.82) is 0 Å². The molecule has 0 aliphatic carbocycles. The first kappa shape index (κ1) is 14.3. The molecule has 22 heavy (non-hydrogen) atoms. The van der Waals surface area contributed by atoms with Crippen LogP contribution in [0.15, 0.2) is 58.3 Å². The van der Waals surface area contributed by atoms with Gasteiger partial charge in [-0.05, 0) is 34.7 Å². The average Bonchev–Trinajstić information content (AvgIpc) is 3.19. The van der Waals surface area contributed by atoms with Crippen molar-refractivity contribution in [3.05, 3.63) is 54.5 Å². The summed E-state index contributed by atoms with van der Waals surface area (Å²) in [6.45, 7) is 0.433. The molecule has 0 spiro atoms. The third kappa shape index (κ3) is 3.73. The molecule has 1 N–H and O–H groups in total. The quantitative estimate of drug-likeness (QED) is 0.701. The van der Waals surface area contributed by atoms with Crippen LogP contribution in [-0.4, -0.2) is 31.9 Å². The summed E-state index contributed by atoms with van der Waals surface area (Å²) in [6.07, 6.45) is 1.60. The zero-order valence-electron chi connectivity index (χ0n) is 11.5. The average molecular weight is 315 g/mol. The Balaban J connectivity index is 1.55. The van der Waals surface area contributed by atoms with Crippen molar-refractivity contribution >= 4 is 23.4 Å². The number of para-hydroxylation sites is 1.